The van der Waals surface area contributed by atoms with E-state index < -0.39 is 0 Å². The number of carbonyl (C=O) groups is 2. The smallest absolute Gasteiger partial charge is 0.242 e. The van der Waals surface area contributed by atoms with E-state index in [1.165, 1.54) is 0 Å². The van der Waals surface area contributed by atoms with Crippen LogP contribution in [0.15, 0.2) is 30.3 Å². The van der Waals surface area contributed by atoms with Crippen LogP contribution in [0.25, 0.3) is 0 Å². The Kier molecular flexibility index (Phi) is 5.75. The van der Waals surface area contributed by atoms with Crippen LogP contribution in [0.1, 0.15) is 18.4 Å². The number of ether oxygens (including phenoxy) is 1. The average Bonchev–Trinajstić information content (AvgIpc) is 2.54. The predicted octanol–water partition coefficient (Wildman–Crippen LogP) is 1.19. The molecule has 1 fully saturated rings. The summed E-state index contributed by atoms with van der Waals surface area (Å²) in [6, 6.07) is 9.79. The minimum atomic E-state index is -0.0840. The standard InChI is InChI=1S/C16H22N2O3/c1-18(12-13-5-3-2-4-6-13)15(19)11-17-16(20)14-7-9-21-10-8-14/h2-6,14H,7-12H2,1H3,(H,17,20). The van der Waals surface area contributed by atoms with Gasteiger partial charge in [-0.25, -0.2) is 0 Å². The Hall–Kier alpha value is -1.88. The Balaban J connectivity index is 1.74. The van der Waals surface area contributed by atoms with Crippen molar-refractivity contribution < 1.29 is 14.3 Å². The topological polar surface area (TPSA) is 58.6 Å². The van der Waals surface area contributed by atoms with Crippen molar-refractivity contribution in [1.82, 2.24) is 10.2 Å². The molecule has 114 valence electrons. The number of hydrogen-bond donors (Lipinski definition) is 1. The van der Waals surface area contributed by atoms with E-state index in [0.717, 1.165) is 18.4 Å². The highest BCUT2D eigenvalue weighted by atomic mass is 16.5. The normalized spacial score (nSPS) is 15.5. The molecule has 0 bridgehead atoms. The van der Waals surface area contributed by atoms with E-state index in [1.807, 2.05) is 30.3 Å². The number of carbonyl (C=O) groups excluding carboxylic acids is 2. The van der Waals surface area contributed by atoms with Gasteiger partial charge >= 0.3 is 0 Å². The highest BCUT2D eigenvalue weighted by molar-refractivity contribution is 5.85. The second kappa shape index (κ2) is 7.78. The van der Waals surface area contributed by atoms with Gasteiger partial charge in [-0.2, -0.15) is 0 Å². The van der Waals surface area contributed by atoms with Crippen LogP contribution in [0.4, 0.5) is 0 Å². The molecule has 0 radical (unpaired) electrons. The molecule has 0 saturated carbocycles. The van der Waals surface area contributed by atoms with Crippen LogP contribution in [0.3, 0.4) is 0 Å². The Labute approximate surface area is 125 Å². The summed E-state index contributed by atoms with van der Waals surface area (Å²) in [5.41, 5.74) is 1.07. The molecule has 0 unspecified atom stereocenters. The van der Waals surface area contributed by atoms with Crippen LogP contribution in [-0.2, 0) is 20.9 Å². The first-order valence-corrected chi connectivity index (χ1v) is 7.30. The summed E-state index contributed by atoms with van der Waals surface area (Å²) >= 11 is 0. The SMILES string of the molecule is CN(Cc1ccccc1)C(=O)CNC(=O)C1CCOCC1. The van der Waals surface area contributed by atoms with Crippen molar-refractivity contribution in [3.63, 3.8) is 0 Å². The van der Waals surface area contributed by atoms with Gasteiger partial charge in [0.2, 0.25) is 11.8 Å². The first-order valence-electron chi connectivity index (χ1n) is 7.30. The fourth-order valence-electron chi connectivity index (χ4n) is 2.35. The molecule has 2 rings (SSSR count). The second-order valence-corrected chi connectivity index (χ2v) is 5.34. The Morgan fingerprint density at radius 2 is 1.90 bits per heavy atom. The molecule has 1 aliphatic heterocycles. The molecule has 2 amide bonds. The minimum Gasteiger partial charge on any atom is -0.381 e. The third-order valence-electron chi connectivity index (χ3n) is 3.69. The molecular weight excluding hydrogens is 268 g/mol. The summed E-state index contributed by atoms with van der Waals surface area (Å²) in [7, 11) is 1.75. The van der Waals surface area contributed by atoms with Gasteiger partial charge in [-0.05, 0) is 18.4 Å². The number of likely N-dealkylation sites (N-methyl/N-ethyl adjacent to an activating group) is 1. The van der Waals surface area contributed by atoms with Crippen molar-refractivity contribution in [2.75, 3.05) is 26.8 Å². The van der Waals surface area contributed by atoms with E-state index in [9.17, 15) is 9.59 Å². The number of rotatable bonds is 5. The van der Waals surface area contributed by atoms with E-state index in [4.69, 9.17) is 4.74 Å². The van der Waals surface area contributed by atoms with Crippen molar-refractivity contribution >= 4 is 11.8 Å². The maximum Gasteiger partial charge on any atom is 0.242 e. The third kappa shape index (κ3) is 4.86. The zero-order chi connectivity index (χ0) is 15.1. The highest BCUT2D eigenvalue weighted by Crippen LogP contribution is 2.14. The number of hydrogen-bond acceptors (Lipinski definition) is 3. The lowest BCUT2D eigenvalue weighted by atomic mass is 9.99. The Morgan fingerprint density at radius 1 is 1.24 bits per heavy atom. The molecule has 0 spiro atoms. The fraction of sp³-hybridized carbons (Fsp3) is 0.500. The number of nitrogens with one attached hydrogen (secondary N) is 1. The van der Waals surface area contributed by atoms with E-state index in [2.05, 4.69) is 5.32 Å². The van der Waals surface area contributed by atoms with Gasteiger partial charge in [-0.3, -0.25) is 9.59 Å². The molecule has 1 N–H and O–H groups in total. The number of benzene rings is 1. The van der Waals surface area contributed by atoms with E-state index in [-0.39, 0.29) is 24.3 Å². The lowest BCUT2D eigenvalue weighted by Crippen LogP contribution is -2.41. The van der Waals surface area contributed by atoms with Crippen molar-refractivity contribution in [3.05, 3.63) is 35.9 Å². The van der Waals surface area contributed by atoms with E-state index in [0.29, 0.717) is 19.8 Å². The highest BCUT2D eigenvalue weighted by Gasteiger charge is 2.22. The third-order valence-corrected chi connectivity index (χ3v) is 3.69. The summed E-state index contributed by atoms with van der Waals surface area (Å²) in [4.78, 5) is 25.6. The summed E-state index contributed by atoms with van der Waals surface area (Å²) in [5, 5.41) is 2.73. The first-order chi connectivity index (χ1) is 10.2. The monoisotopic (exact) mass is 290 g/mol. The number of nitrogens with zero attached hydrogens (tertiary/aromatic N) is 1. The second-order valence-electron chi connectivity index (χ2n) is 5.34. The summed E-state index contributed by atoms with van der Waals surface area (Å²) in [6.07, 6.45) is 1.47. The van der Waals surface area contributed by atoms with E-state index in [1.54, 1.807) is 11.9 Å². The Bertz CT molecular complexity index is 470. The molecule has 5 heteroatoms. The molecule has 1 aromatic rings. The van der Waals surface area contributed by atoms with Gasteiger partial charge in [-0.1, -0.05) is 30.3 Å². The summed E-state index contributed by atoms with van der Waals surface area (Å²) < 4.78 is 5.22. The quantitative estimate of drug-likeness (QED) is 0.886. The largest absolute Gasteiger partial charge is 0.381 e. The predicted molar refractivity (Wildman–Crippen MR) is 79.5 cm³/mol. The minimum absolute atomic E-state index is 0.0222. The van der Waals surface area contributed by atoms with Crippen LogP contribution in [0, 0.1) is 5.92 Å². The maximum absolute atomic E-state index is 12.0. The van der Waals surface area contributed by atoms with Gasteiger partial charge < -0.3 is 15.0 Å². The van der Waals surface area contributed by atoms with Crippen LogP contribution < -0.4 is 5.32 Å². The molecule has 1 aromatic carbocycles. The fourth-order valence-corrected chi connectivity index (χ4v) is 2.35. The van der Waals surface area contributed by atoms with Crippen LogP contribution >= 0.6 is 0 Å². The van der Waals surface area contributed by atoms with Gasteiger partial charge in [0.15, 0.2) is 0 Å². The molecule has 0 aromatic heterocycles. The average molecular weight is 290 g/mol. The first kappa shape index (κ1) is 15.5. The molecule has 1 saturated heterocycles. The summed E-state index contributed by atoms with van der Waals surface area (Å²) in [5.74, 6) is -0.148. The molecule has 1 heterocycles. The van der Waals surface area contributed by atoms with Crippen molar-refractivity contribution in [2.24, 2.45) is 5.92 Å². The lowest BCUT2D eigenvalue weighted by molar-refractivity contribution is -0.134. The lowest BCUT2D eigenvalue weighted by Gasteiger charge is -2.22. The van der Waals surface area contributed by atoms with E-state index >= 15 is 0 Å². The molecular formula is C16H22N2O3. The van der Waals surface area contributed by atoms with Crippen molar-refractivity contribution in [3.8, 4) is 0 Å². The zero-order valence-corrected chi connectivity index (χ0v) is 12.4. The molecule has 21 heavy (non-hydrogen) atoms. The van der Waals surface area contributed by atoms with Crippen molar-refractivity contribution in [1.29, 1.82) is 0 Å². The van der Waals surface area contributed by atoms with Crippen molar-refractivity contribution in [2.45, 2.75) is 19.4 Å². The van der Waals surface area contributed by atoms with Crippen LogP contribution in [0.5, 0.6) is 0 Å². The molecule has 0 atom stereocenters. The number of amides is 2. The Morgan fingerprint density at radius 3 is 2.57 bits per heavy atom. The van der Waals surface area contributed by atoms with Gasteiger partial charge in [0.05, 0.1) is 6.54 Å². The molecule has 1 aliphatic rings. The van der Waals surface area contributed by atoms with Gasteiger partial charge in [0, 0.05) is 32.7 Å². The molecule has 0 aliphatic carbocycles. The van der Waals surface area contributed by atoms with Crippen LogP contribution in [0.2, 0.25) is 0 Å². The maximum atomic E-state index is 12.0. The summed E-state index contributed by atoms with van der Waals surface area (Å²) in [6.45, 7) is 1.85. The molecule has 5 nitrogen and oxygen atoms in total. The zero-order valence-electron chi connectivity index (χ0n) is 12.4. The van der Waals surface area contributed by atoms with Gasteiger partial charge in [-0.15, -0.1) is 0 Å². The van der Waals surface area contributed by atoms with Gasteiger partial charge in [0.25, 0.3) is 0 Å². The van der Waals surface area contributed by atoms with Gasteiger partial charge in [0.1, 0.15) is 0 Å². The van der Waals surface area contributed by atoms with Crippen LogP contribution in [-0.4, -0.2) is 43.5 Å².